The molecule has 1 fully saturated rings. The van der Waals surface area contributed by atoms with E-state index in [0.717, 1.165) is 11.2 Å². The fraction of sp³-hybridized carbons (Fsp3) is 0.381. The first-order chi connectivity index (χ1) is 16.3. The molecule has 2 aromatic rings. The average molecular weight is 495 g/mol. The van der Waals surface area contributed by atoms with Crippen LogP contribution in [0.4, 0.5) is 19.0 Å². The highest BCUT2D eigenvalue weighted by Crippen LogP contribution is 2.32. The number of oxazole rings is 1. The van der Waals surface area contributed by atoms with Gasteiger partial charge in [-0.15, -0.1) is 0 Å². The molecule has 0 spiro atoms. The third-order valence-corrected chi connectivity index (χ3v) is 5.26. The number of nitrogens with zero attached hydrogens (tertiary/aromatic N) is 3. The van der Waals surface area contributed by atoms with Crippen LogP contribution in [0.2, 0.25) is 0 Å². The maximum Gasteiger partial charge on any atom is 0.405 e. The number of hydrogen-bond acceptors (Lipinski definition) is 9. The molecule has 1 aliphatic rings. The highest BCUT2D eigenvalue weighted by atomic mass is 19.4. The molecule has 0 radical (unpaired) electrons. The number of aliphatic hydroxyl groups is 1. The number of anilines is 1. The number of rotatable bonds is 7. The number of aromatic nitrogens is 2. The van der Waals surface area contributed by atoms with Crippen LogP contribution >= 0.6 is 0 Å². The number of halogens is 3. The van der Waals surface area contributed by atoms with E-state index < -0.39 is 36.1 Å². The lowest BCUT2D eigenvalue weighted by Gasteiger charge is -2.21. The maximum absolute atomic E-state index is 12.7. The summed E-state index contributed by atoms with van der Waals surface area (Å²) in [6.07, 6.45) is -1.81. The fourth-order valence-corrected chi connectivity index (χ4v) is 3.17. The van der Waals surface area contributed by atoms with E-state index in [0.29, 0.717) is 0 Å². The molecule has 0 saturated carbocycles. The molecule has 14 heteroatoms. The Bertz CT molecular complexity index is 1160. The summed E-state index contributed by atoms with van der Waals surface area (Å²) in [6, 6.07) is 2.73. The third kappa shape index (κ3) is 5.77. The van der Waals surface area contributed by atoms with Crippen molar-refractivity contribution < 1.29 is 32.3 Å². The summed E-state index contributed by atoms with van der Waals surface area (Å²) in [4.78, 5) is 34.3. The van der Waals surface area contributed by atoms with E-state index in [-0.39, 0.29) is 41.0 Å². The van der Waals surface area contributed by atoms with E-state index >= 15 is 0 Å². The molecule has 2 aromatic heterocycles. The van der Waals surface area contributed by atoms with Gasteiger partial charge in [0.25, 0.3) is 5.91 Å². The fourth-order valence-electron chi connectivity index (χ4n) is 3.17. The Kier molecular flexibility index (Phi) is 7.14. The van der Waals surface area contributed by atoms with Crippen molar-refractivity contribution in [2.45, 2.75) is 26.1 Å². The van der Waals surface area contributed by atoms with Crippen LogP contribution in [-0.2, 0) is 4.79 Å². The van der Waals surface area contributed by atoms with Crippen molar-refractivity contribution in [3.05, 3.63) is 42.2 Å². The predicted octanol–water partition coefficient (Wildman–Crippen LogP) is 1.71. The van der Waals surface area contributed by atoms with Gasteiger partial charge >= 0.3 is 6.18 Å². The molecular weight excluding hydrogens is 471 g/mol. The van der Waals surface area contributed by atoms with Crippen LogP contribution in [0.3, 0.4) is 0 Å². The Labute approximate surface area is 197 Å². The average Bonchev–Trinajstić information content (AvgIpc) is 3.36. The zero-order chi connectivity index (χ0) is 26.0. The van der Waals surface area contributed by atoms with Gasteiger partial charge in [0.05, 0.1) is 23.8 Å². The van der Waals surface area contributed by atoms with E-state index in [1.165, 1.54) is 31.6 Å². The Balaban J connectivity index is 1.74. The number of amides is 2. The minimum atomic E-state index is -4.42. The van der Waals surface area contributed by atoms with E-state index in [9.17, 15) is 27.9 Å². The van der Waals surface area contributed by atoms with E-state index in [1.807, 2.05) is 0 Å². The number of likely N-dealkylation sites (tertiary alicyclic amines) is 1. The topological polar surface area (TPSA) is 156 Å². The molecule has 0 bridgehead atoms. The molecule has 1 unspecified atom stereocenters. The van der Waals surface area contributed by atoms with Crippen molar-refractivity contribution in [1.29, 1.82) is 5.41 Å². The lowest BCUT2D eigenvalue weighted by atomic mass is 9.89. The Morgan fingerprint density at radius 1 is 1.43 bits per heavy atom. The molecule has 3 rings (SSSR count). The van der Waals surface area contributed by atoms with Crippen molar-refractivity contribution in [3.63, 3.8) is 0 Å². The van der Waals surface area contributed by atoms with Crippen molar-refractivity contribution >= 4 is 23.5 Å². The van der Waals surface area contributed by atoms with Crippen molar-refractivity contribution in [3.8, 4) is 11.5 Å². The second kappa shape index (κ2) is 9.74. The molecule has 35 heavy (non-hydrogen) atoms. The Morgan fingerprint density at radius 3 is 2.74 bits per heavy atom. The molecule has 11 nitrogen and oxygen atoms in total. The smallest absolute Gasteiger partial charge is 0.405 e. The quantitative estimate of drug-likeness (QED) is 0.287. The van der Waals surface area contributed by atoms with E-state index in [4.69, 9.17) is 9.83 Å². The van der Waals surface area contributed by atoms with Gasteiger partial charge in [-0.05, 0) is 26.0 Å². The van der Waals surface area contributed by atoms with Gasteiger partial charge in [-0.3, -0.25) is 19.9 Å². The molecule has 188 valence electrons. The van der Waals surface area contributed by atoms with Crippen LogP contribution in [0.15, 0.2) is 40.9 Å². The van der Waals surface area contributed by atoms with Crippen LogP contribution in [0.1, 0.15) is 24.3 Å². The molecule has 5 N–H and O–H groups in total. The van der Waals surface area contributed by atoms with Crippen LogP contribution < -0.4 is 16.0 Å². The first-order valence-corrected chi connectivity index (χ1v) is 10.3. The Hall–Kier alpha value is -3.94. The highest BCUT2D eigenvalue weighted by Gasteiger charge is 2.48. The summed E-state index contributed by atoms with van der Waals surface area (Å²) < 4.78 is 42.6. The molecule has 1 saturated heterocycles. The van der Waals surface area contributed by atoms with Gasteiger partial charge in [0, 0.05) is 25.0 Å². The second-order valence-electron chi connectivity index (χ2n) is 8.24. The van der Waals surface area contributed by atoms with Crippen molar-refractivity contribution in [1.82, 2.24) is 25.5 Å². The van der Waals surface area contributed by atoms with Crippen LogP contribution in [-0.4, -0.2) is 70.0 Å². The van der Waals surface area contributed by atoms with Gasteiger partial charge in [-0.1, -0.05) is 0 Å². The number of pyridine rings is 1. The molecule has 1 atom stereocenters. The summed E-state index contributed by atoms with van der Waals surface area (Å²) in [5, 5.41) is 25.8. The number of nitrogens with one attached hydrogen (secondary N) is 4. The summed E-state index contributed by atoms with van der Waals surface area (Å²) >= 11 is 0. The standard InChI is InChI=1S/C21H24F3N7O4/c1-20(2)14(32)8-31(19(20)34)16(25)12(7-26-3)29-17(33)13-9-35-18(30-13)11-4-5-27-15(6-11)28-10-21(22,23)24/h4-7,9,14,25-26,32H,8,10H2,1-3H3,(H,27,28)(H,29,33)/b12-7+,25-16?. The number of hydrogen-bond donors (Lipinski definition) is 5. The predicted molar refractivity (Wildman–Crippen MR) is 118 cm³/mol. The SMILES string of the molecule is CN/C=C(/NC(=O)c1coc(-c2ccnc(NCC(F)(F)F)c2)n1)C(=N)N1CC(O)C(C)(C)C1=O. The van der Waals surface area contributed by atoms with Crippen LogP contribution in [0.5, 0.6) is 0 Å². The lowest BCUT2D eigenvalue weighted by molar-refractivity contribution is -0.133. The zero-order valence-electron chi connectivity index (χ0n) is 19.0. The van der Waals surface area contributed by atoms with E-state index in [2.05, 4.69) is 25.9 Å². The van der Waals surface area contributed by atoms with Gasteiger partial charge in [0.15, 0.2) is 11.5 Å². The van der Waals surface area contributed by atoms with Gasteiger partial charge in [0.1, 0.15) is 18.6 Å². The Morgan fingerprint density at radius 2 is 2.14 bits per heavy atom. The van der Waals surface area contributed by atoms with Gasteiger partial charge in [-0.2, -0.15) is 13.2 Å². The summed E-state index contributed by atoms with van der Waals surface area (Å²) in [7, 11) is 1.53. The molecule has 2 amide bonds. The minimum absolute atomic E-state index is 0.0403. The van der Waals surface area contributed by atoms with E-state index in [1.54, 1.807) is 13.8 Å². The normalized spacial score (nSPS) is 17.9. The zero-order valence-corrected chi connectivity index (χ0v) is 19.0. The number of aliphatic hydroxyl groups excluding tert-OH is 1. The van der Waals surface area contributed by atoms with Crippen molar-refractivity contribution in [2.24, 2.45) is 5.41 Å². The lowest BCUT2D eigenvalue weighted by Crippen LogP contribution is -2.41. The van der Waals surface area contributed by atoms with Crippen LogP contribution in [0.25, 0.3) is 11.5 Å². The number of alkyl halides is 3. The third-order valence-electron chi connectivity index (χ3n) is 5.26. The van der Waals surface area contributed by atoms with Gasteiger partial charge in [0.2, 0.25) is 11.8 Å². The number of carbonyl (C=O) groups excluding carboxylic acids is 2. The molecule has 0 aliphatic carbocycles. The molecular formula is C21H24F3N7O4. The minimum Gasteiger partial charge on any atom is -0.444 e. The van der Waals surface area contributed by atoms with Gasteiger partial charge < -0.3 is 25.5 Å². The summed E-state index contributed by atoms with van der Waals surface area (Å²) in [5.41, 5.74) is -1.03. The van der Waals surface area contributed by atoms with Crippen LogP contribution in [0, 0.1) is 10.8 Å². The number of carbonyl (C=O) groups is 2. The molecule has 0 aromatic carbocycles. The highest BCUT2D eigenvalue weighted by molar-refractivity contribution is 6.11. The monoisotopic (exact) mass is 495 g/mol. The summed E-state index contributed by atoms with van der Waals surface area (Å²) in [5.74, 6) is -1.66. The van der Waals surface area contributed by atoms with Gasteiger partial charge in [-0.25, -0.2) is 9.97 Å². The van der Waals surface area contributed by atoms with Crippen molar-refractivity contribution in [2.75, 3.05) is 25.5 Å². The first kappa shape index (κ1) is 25.7. The summed E-state index contributed by atoms with van der Waals surface area (Å²) in [6.45, 7) is 1.74. The largest absolute Gasteiger partial charge is 0.444 e. The number of β-amino-alcohol motifs (C(OH)–C–C–N with tert-alkyl or cyclic N) is 1. The second-order valence-corrected chi connectivity index (χ2v) is 8.24. The first-order valence-electron chi connectivity index (χ1n) is 10.3. The molecule has 1 aliphatic heterocycles. The number of amidine groups is 1. The maximum atomic E-state index is 12.7. The molecule has 3 heterocycles.